The molecule has 0 amide bonds. The summed E-state index contributed by atoms with van der Waals surface area (Å²) in [4.78, 5) is 8.82. The lowest BCUT2D eigenvalue weighted by Gasteiger charge is -2.43. The Morgan fingerprint density at radius 1 is 1.40 bits per heavy atom. The second kappa shape index (κ2) is 4.61. The summed E-state index contributed by atoms with van der Waals surface area (Å²) in [5.74, 6) is 2.17. The van der Waals surface area contributed by atoms with Crippen LogP contribution in [0.5, 0.6) is 5.88 Å². The van der Waals surface area contributed by atoms with Gasteiger partial charge in [-0.25, -0.2) is 4.98 Å². The quantitative estimate of drug-likeness (QED) is 0.913. The second-order valence-corrected chi connectivity index (χ2v) is 7.14. The number of hydrogen-bond acceptors (Lipinski definition) is 4. The van der Waals surface area contributed by atoms with Crippen molar-refractivity contribution < 1.29 is 4.74 Å². The number of aromatic nitrogens is 2. The zero-order valence-corrected chi connectivity index (χ0v) is 12.9. The van der Waals surface area contributed by atoms with Gasteiger partial charge in [0.2, 0.25) is 11.8 Å². The van der Waals surface area contributed by atoms with E-state index in [1.54, 1.807) is 6.20 Å². The lowest BCUT2D eigenvalue weighted by Crippen LogP contribution is -2.46. The minimum atomic E-state index is 0.304. The Bertz CT molecular complexity index is 497. The first-order valence-corrected chi connectivity index (χ1v) is 7.68. The Kier molecular flexibility index (Phi) is 3.14. The zero-order chi connectivity index (χ0) is 14.4. The topological polar surface area (TPSA) is 47.0 Å². The minimum absolute atomic E-state index is 0.304. The lowest BCUT2D eigenvalue weighted by molar-refractivity contribution is 0.154. The van der Waals surface area contributed by atoms with E-state index in [-0.39, 0.29) is 0 Å². The standard InChI is InChI=1S/C16H25N3O/c1-5-20-12-7-9-17-14(18-12)19-13-15(2,3)11-6-8-16(13,4)10-11/h7,9,11,13H,5-6,8,10H2,1-4H3,(H,17,18,19). The SMILES string of the molecule is CCOc1ccnc(NC2C3(C)CCC(C3)C2(C)C)n1. The lowest BCUT2D eigenvalue weighted by atomic mass is 9.68. The predicted molar refractivity (Wildman–Crippen MR) is 79.8 cm³/mol. The Morgan fingerprint density at radius 3 is 2.85 bits per heavy atom. The average molecular weight is 275 g/mol. The first kappa shape index (κ1) is 13.7. The van der Waals surface area contributed by atoms with Crippen LogP contribution in [0.15, 0.2) is 12.3 Å². The van der Waals surface area contributed by atoms with Crippen molar-refractivity contribution in [2.45, 2.75) is 53.0 Å². The van der Waals surface area contributed by atoms with E-state index in [4.69, 9.17) is 4.74 Å². The van der Waals surface area contributed by atoms with E-state index in [0.29, 0.717) is 35.3 Å². The molecule has 2 bridgehead atoms. The normalized spacial score (nSPS) is 34.2. The van der Waals surface area contributed by atoms with Crippen LogP contribution in [0.25, 0.3) is 0 Å². The van der Waals surface area contributed by atoms with E-state index in [1.165, 1.54) is 19.3 Å². The highest BCUT2D eigenvalue weighted by Crippen LogP contribution is 2.62. The molecule has 4 heteroatoms. The Balaban J connectivity index is 1.82. The van der Waals surface area contributed by atoms with Crippen LogP contribution >= 0.6 is 0 Å². The molecule has 0 aromatic carbocycles. The van der Waals surface area contributed by atoms with Crippen molar-refractivity contribution in [3.05, 3.63) is 12.3 Å². The predicted octanol–water partition coefficient (Wildman–Crippen LogP) is 3.50. The molecule has 20 heavy (non-hydrogen) atoms. The third kappa shape index (κ3) is 2.05. The third-order valence-corrected chi connectivity index (χ3v) is 5.47. The van der Waals surface area contributed by atoms with Crippen molar-refractivity contribution >= 4 is 5.95 Å². The molecule has 3 unspecified atom stereocenters. The van der Waals surface area contributed by atoms with Crippen LogP contribution in [0.3, 0.4) is 0 Å². The highest BCUT2D eigenvalue weighted by molar-refractivity contribution is 5.33. The van der Waals surface area contributed by atoms with Gasteiger partial charge in [0.1, 0.15) is 0 Å². The molecule has 1 aromatic heterocycles. The summed E-state index contributed by atoms with van der Waals surface area (Å²) >= 11 is 0. The largest absolute Gasteiger partial charge is 0.478 e. The third-order valence-electron chi connectivity index (χ3n) is 5.47. The molecule has 1 aromatic rings. The Hall–Kier alpha value is -1.32. The minimum Gasteiger partial charge on any atom is -0.478 e. The van der Waals surface area contributed by atoms with Gasteiger partial charge in [0.15, 0.2) is 0 Å². The van der Waals surface area contributed by atoms with Crippen LogP contribution in [0, 0.1) is 16.7 Å². The molecule has 110 valence electrons. The molecule has 3 rings (SSSR count). The first-order chi connectivity index (χ1) is 9.45. The van der Waals surface area contributed by atoms with Crippen molar-refractivity contribution in [1.29, 1.82) is 0 Å². The maximum absolute atomic E-state index is 5.46. The van der Waals surface area contributed by atoms with Gasteiger partial charge in [-0.2, -0.15) is 4.98 Å². The highest BCUT2D eigenvalue weighted by Gasteiger charge is 2.59. The summed E-state index contributed by atoms with van der Waals surface area (Å²) < 4.78 is 5.46. The van der Waals surface area contributed by atoms with Crippen molar-refractivity contribution in [3.8, 4) is 5.88 Å². The maximum atomic E-state index is 5.46. The average Bonchev–Trinajstić information content (AvgIpc) is 2.87. The molecule has 3 atom stereocenters. The number of nitrogens with one attached hydrogen (secondary N) is 1. The molecule has 1 heterocycles. The van der Waals surface area contributed by atoms with Crippen LogP contribution in [-0.2, 0) is 0 Å². The molecular weight excluding hydrogens is 250 g/mol. The fraction of sp³-hybridized carbons (Fsp3) is 0.750. The molecule has 2 saturated carbocycles. The van der Waals surface area contributed by atoms with Gasteiger partial charge in [-0.3, -0.25) is 0 Å². The molecule has 1 N–H and O–H groups in total. The van der Waals surface area contributed by atoms with E-state index >= 15 is 0 Å². The number of hydrogen-bond donors (Lipinski definition) is 1. The van der Waals surface area contributed by atoms with Gasteiger partial charge in [-0.05, 0) is 42.9 Å². The van der Waals surface area contributed by atoms with E-state index in [9.17, 15) is 0 Å². The van der Waals surface area contributed by atoms with Crippen LogP contribution in [0.2, 0.25) is 0 Å². The molecule has 0 radical (unpaired) electrons. The van der Waals surface area contributed by atoms with Crippen LogP contribution < -0.4 is 10.1 Å². The van der Waals surface area contributed by atoms with Gasteiger partial charge in [0, 0.05) is 18.3 Å². The van der Waals surface area contributed by atoms with Crippen molar-refractivity contribution in [1.82, 2.24) is 9.97 Å². The second-order valence-electron chi connectivity index (χ2n) is 7.14. The summed E-state index contributed by atoms with van der Waals surface area (Å²) in [6.07, 6.45) is 5.76. The number of nitrogens with zero attached hydrogens (tertiary/aromatic N) is 2. The van der Waals surface area contributed by atoms with Crippen LogP contribution in [0.4, 0.5) is 5.95 Å². The Labute approximate surface area is 121 Å². The number of ether oxygens (including phenoxy) is 1. The summed E-state index contributed by atoms with van der Waals surface area (Å²) in [6.45, 7) is 9.77. The van der Waals surface area contributed by atoms with Crippen LogP contribution in [0.1, 0.15) is 47.0 Å². The van der Waals surface area contributed by atoms with Gasteiger partial charge in [0.05, 0.1) is 6.61 Å². The molecule has 0 saturated heterocycles. The van der Waals surface area contributed by atoms with Gasteiger partial charge in [0.25, 0.3) is 0 Å². The van der Waals surface area contributed by atoms with Gasteiger partial charge >= 0.3 is 0 Å². The number of rotatable bonds is 4. The van der Waals surface area contributed by atoms with E-state index < -0.39 is 0 Å². The fourth-order valence-electron chi connectivity index (χ4n) is 4.43. The smallest absolute Gasteiger partial charge is 0.226 e. The van der Waals surface area contributed by atoms with Gasteiger partial charge < -0.3 is 10.1 Å². The van der Waals surface area contributed by atoms with Crippen molar-refractivity contribution in [2.24, 2.45) is 16.7 Å². The number of anilines is 1. The molecule has 2 aliphatic carbocycles. The summed E-state index contributed by atoms with van der Waals surface area (Å²) in [5.41, 5.74) is 0.678. The van der Waals surface area contributed by atoms with Crippen molar-refractivity contribution in [2.75, 3.05) is 11.9 Å². The molecule has 0 aliphatic heterocycles. The molecule has 2 fully saturated rings. The summed E-state index contributed by atoms with van der Waals surface area (Å²) in [5, 5.41) is 3.60. The molecular formula is C16H25N3O. The van der Waals surface area contributed by atoms with Gasteiger partial charge in [-0.1, -0.05) is 20.8 Å². The highest BCUT2D eigenvalue weighted by atomic mass is 16.5. The summed E-state index contributed by atoms with van der Waals surface area (Å²) in [6, 6.07) is 2.24. The zero-order valence-electron chi connectivity index (χ0n) is 12.9. The molecule has 0 spiro atoms. The van der Waals surface area contributed by atoms with E-state index in [2.05, 4.69) is 36.1 Å². The fourth-order valence-corrected chi connectivity index (χ4v) is 4.43. The maximum Gasteiger partial charge on any atom is 0.226 e. The monoisotopic (exact) mass is 275 g/mol. The molecule has 2 aliphatic rings. The molecule has 4 nitrogen and oxygen atoms in total. The van der Waals surface area contributed by atoms with Crippen molar-refractivity contribution in [3.63, 3.8) is 0 Å². The van der Waals surface area contributed by atoms with Gasteiger partial charge in [-0.15, -0.1) is 0 Å². The first-order valence-electron chi connectivity index (χ1n) is 7.68. The van der Waals surface area contributed by atoms with E-state index in [0.717, 1.165) is 5.92 Å². The van der Waals surface area contributed by atoms with E-state index in [1.807, 2.05) is 13.0 Å². The summed E-state index contributed by atoms with van der Waals surface area (Å²) in [7, 11) is 0. The van der Waals surface area contributed by atoms with Crippen LogP contribution in [-0.4, -0.2) is 22.6 Å². The number of fused-ring (bicyclic) bond motifs is 2. The Morgan fingerprint density at radius 2 is 2.20 bits per heavy atom.